The van der Waals surface area contributed by atoms with E-state index in [1.807, 2.05) is 36.1 Å². The topological polar surface area (TPSA) is 62.3 Å². The standard InChI is InChI=1S/C24H29N3O2/c1-2-26-23(29)24(12-5-15-27(17-24)22(28)19-8-9-19)16-20-6-3-4-7-21(20)18-10-13-25-14-11-18/h3-4,6-7,10-11,13-14,19H,2,5,8-9,12,15-17H2,1H3,(H,26,29). The van der Waals surface area contributed by atoms with Crippen molar-refractivity contribution in [3.63, 3.8) is 0 Å². The highest BCUT2D eigenvalue weighted by atomic mass is 16.2. The molecule has 1 saturated carbocycles. The molecule has 2 aromatic rings. The summed E-state index contributed by atoms with van der Waals surface area (Å²) >= 11 is 0. The molecule has 1 atom stereocenters. The van der Waals surface area contributed by atoms with E-state index >= 15 is 0 Å². The fourth-order valence-corrected chi connectivity index (χ4v) is 4.52. The molecule has 2 aliphatic rings. The lowest BCUT2D eigenvalue weighted by atomic mass is 9.73. The number of benzene rings is 1. The van der Waals surface area contributed by atoms with Crippen molar-refractivity contribution in [2.24, 2.45) is 11.3 Å². The van der Waals surface area contributed by atoms with Crippen LogP contribution in [-0.2, 0) is 16.0 Å². The van der Waals surface area contributed by atoms with Crippen LogP contribution in [0.15, 0.2) is 48.8 Å². The van der Waals surface area contributed by atoms with E-state index in [0.29, 0.717) is 19.5 Å². The van der Waals surface area contributed by atoms with Gasteiger partial charge in [-0.3, -0.25) is 14.6 Å². The first kappa shape index (κ1) is 19.6. The number of nitrogens with zero attached hydrogens (tertiary/aromatic N) is 2. The largest absolute Gasteiger partial charge is 0.356 e. The van der Waals surface area contributed by atoms with Gasteiger partial charge in [0.25, 0.3) is 0 Å². The van der Waals surface area contributed by atoms with Gasteiger partial charge in [0, 0.05) is 37.9 Å². The molecule has 0 bridgehead atoms. The number of piperidine rings is 1. The highest BCUT2D eigenvalue weighted by Gasteiger charge is 2.45. The van der Waals surface area contributed by atoms with Gasteiger partial charge in [-0.1, -0.05) is 24.3 Å². The zero-order valence-corrected chi connectivity index (χ0v) is 17.1. The summed E-state index contributed by atoms with van der Waals surface area (Å²) in [4.78, 5) is 32.1. The number of nitrogens with one attached hydrogen (secondary N) is 1. The van der Waals surface area contributed by atoms with Gasteiger partial charge in [-0.05, 0) is 67.9 Å². The molecule has 4 rings (SSSR count). The van der Waals surface area contributed by atoms with Crippen LogP contribution in [0.2, 0.25) is 0 Å². The summed E-state index contributed by atoms with van der Waals surface area (Å²) in [5.74, 6) is 0.489. The molecule has 1 aliphatic carbocycles. The highest BCUT2D eigenvalue weighted by Crippen LogP contribution is 2.39. The lowest BCUT2D eigenvalue weighted by Crippen LogP contribution is -2.54. The molecule has 1 saturated heterocycles. The van der Waals surface area contributed by atoms with Gasteiger partial charge in [-0.2, -0.15) is 0 Å². The smallest absolute Gasteiger partial charge is 0.228 e. The maximum absolute atomic E-state index is 13.3. The Labute approximate surface area is 172 Å². The van der Waals surface area contributed by atoms with Crippen LogP contribution < -0.4 is 5.32 Å². The maximum Gasteiger partial charge on any atom is 0.228 e. The minimum absolute atomic E-state index is 0.0674. The van der Waals surface area contributed by atoms with Crippen molar-refractivity contribution in [1.29, 1.82) is 0 Å². The molecule has 1 aromatic carbocycles. The average molecular weight is 392 g/mol. The molecular formula is C24H29N3O2. The maximum atomic E-state index is 13.3. The Kier molecular flexibility index (Phi) is 5.65. The van der Waals surface area contributed by atoms with Crippen molar-refractivity contribution in [1.82, 2.24) is 15.2 Å². The number of hydrogen-bond donors (Lipinski definition) is 1. The molecule has 2 heterocycles. The molecule has 1 aromatic heterocycles. The average Bonchev–Trinajstić information content (AvgIpc) is 3.60. The van der Waals surface area contributed by atoms with Crippen molar-refractivity contribution in [2.75, 3.05) is 19.6 Å². The van der Waals surface area contributed by atoms with E-state index in [1.54, 1.807) is 12.4 Å². The Hall–Kier alpha value is -2.69. The minimum Gasteiger partial charge on any atom is -0.356 e. The zero-order valence-electron chi connectivity index (χ0n) is 17.1. The number of aromatic nitrogens is 1. The van der Waals surface area contributed by atoms with Gasteiger partial charge in [0.15, 0.2) is 0 Å². The molecule has 5 heteroatoms. The number of carbonyl (C=O) groups excluding carboxylic acids is 2. The summed E-state index contributed by atoms with van der Waals surface area (Å²) in [6.45, 7) is 3.83. The summed E-state index contributed by atoms with van der Waals surface area (Å²) in [6.07, 6.45) is 7.88. The first-order chi connectivity index (χ1) is 14.1. The summed E-state index contributed by atoms with van der Waals surface area (Å²) in [5, 5.41) is 3.05. The van der Waals surface area contributed by atoms with Crippen LogP contribution in [0.4, 0.5) is 0 Å². The van der Waals surface area contributed by atoms with E-state index < -0.39 is 5.41 Å². The molecule has 29 heavy (non-hydrogen) atoms. The van der Waals surface area contributed by atoms with Crippen LogP contribution in [0.5, 0.6) is 0 Å². The third-order valence-corrected chi connectivity index (χ3v) is 6.17. The highest BCUT2D eigenvalue weighted by molar-refractivity contribution is 5.86. The second-order valence-electron chi connectivity index (χ2n) is 8.35. The lowest BCUT2D eigenvalue weighted by Gasteiger charge is -2.42. The predicted molar refractivity (Wildman–Crippen MR) is 113 cm³/mol. The van der Waals surface area contributed by atoms with Crippen LogP contribution >= 0.6 is 0 Å². The molecule has 152 valence electrons. The third-order valence-electron chi connectivity index (χ3n) is 6.17. The van der Waals surface area contributed by atoms with Gasteiger partial charge in [0.2, 0.25) is 11.8 Å². The Balaban J connectivity index is 1.67. The van der Waals surface area contributed by atoms with Crippen molar-refractivity contribution in [3.8, 4) is 11.1 Å². The molecule has 2 amide bonds. The Morgan fingerprint density at radius 3 is 2.66 bits per heavy atom. The van der Waals surface area contributed by atoms with Crippen LogP contribution in [0.1, 0.15) is 38.2 Å². The number of likely N-dealkylation sites (tertiary alicyclic amines) is 1. The van der Waals surface area contributed by atoms with E-state index in [2.05, 4.69) is 22.4 Å². The van der Waals surface area contributed by atoms with Gasteiger partial charge in [-0.15, -0.1) is 0 Å². The first-order valence-electron chi connectivity index (χ1n) is 10.7. The van der Waals surface area contributed by atoms with E-state index in [1.165, 1.54) is 0 Å². The lowest BCUT2D eigenvalue weighted by molar-refractivity contribution is -0.142. The number of pyridine rings is 1. The summed E-state index contributed by atoms with van der Waals surface area (Å²) in [6, 6.07) is 12.3. The van der Waals surface area contributed by atoms with Crippen molar-refractivity contribution in [3.05, 3.63) is 54.4 Å². The second-order valence-corrected chi connectivity index (χ2v) is 8.35. The van der Waals surface area contributed by atoms with Crippen molar-refractivity contribution < 1.29 is 9.59 Å². The van der Waals surface area contributed by atoms with Crippen LogP contribution in [0.3, 0.4) is 0 Å². The third kappa shape index (κ3) is 4.19. The van der Waals surface area contributed by atoms with Crippen LogP contribution in [0, 0.1) is 11.3 Å². The minimum atomic E-state index is -0.581. The van der Waals surface area contributed by atoms with E-state index in [4.69, 9.17) is 0 Å². The number of hydrogen-bond acceptors (Lipinski definition) is 3. The summed E-state index contributed by atoms with van der Waals surface area (Å²) in [5.41, 5.74) is 2.79. The number of rotatable bonds is 6. The molecular weight excluding hydrogens is 362 g/mol. The predicted octanol–water partition coefficient (Wildman–Crippen LogP) is 3.45. The van der Waals surface area contributed by atoms with Gasteiger partial charge in [-0.25, -0.2) is 0 Å². The monoisotopic (exact) mass is 391 g/mol. The zero-order chi connectivity index (χ0) is 20.3. The van der Waals surface area contributed by atoms with Crippen LogP contribution in [-0.4, -0.2) is 41.3 Å². The normalized spacial score (nSPS) is 21.6. The Morgan fingerprint density at radius 2 is 1.93 bits per heavy atom. The molecule has 1 aliphatic heterocycles. The Morgan fingerprint density at radius 1 is 1.17 bits per heavy atom. The molecule has 0 spiro atoms. The molecule has 1 unspecified atom stereocenters. The number of carbonyl (C=O) groups is 2. The van der Waals surface area contributed by atoms with Gasteiger partial charge >= 0.3 is 0 Å². The second kappa shape index (κ2) is 8.36. The van der Waals surface area contributed by atoms with Crippen molar-refractivity contribution >= 4 is 11.8 Å². The fourth-order valence-electron chi connectivity index (χ4n) is 4.52. The van der Waals surface area contributed by atoms with Gasteiger partial charge in [0.05, 0.1) is 5.41 Å². The van der Waals surface area contributed by atoms with Crippen LogP contribution in [0.25, 0.3) is 11.1 Å². The van der Waals surface area contributed by atoms with E-state index in [9.17, 15) is 9.59 Å². The van der Waals surface area contributed by atoms with Crippen molar-refractivity contribution in [2.45, 2.75) is 39.0 Å². The Bertz CT molecular complexity index is 879. The SMILES string of the molecule is CCNC(=O)C1(Cc2ccccc2-c2ccncc2)CCCN(C(=O)C2CC2)C1. The molecule has 0 radical (unpaired) electrons. The first-order valence-corrected chi connectivity index (χ1v) is 10.7. The summed E-state index contributed by atoms with van der Waals surface area (Å²) < 4.78 is 0. The molecule has 2 fully saturated rings. The quantitative estimate of drug-likeness (QED) is 0.820. The molecule has 5 nitrogen and oxygen atoms in total. The van der Waals surface area contributed by atoms with Gasteiger partial charge in [0.1, 0.15) is 0 Å². The van der Waals surface area contributed by atoms with Gasteiger partial charge < -0.3 is 10.2 Å². The molecule has 1 N–H and O–H groups in total. The number of amides is 2. The van der Waals surface area contributed by atoms with E-state index in [0.717, 1.165) is 48.9 Å². The van der Waals surface area contributed by atoms with E-state index in [-0.39, 0.29) is 17.7 Å². The fraction of sp³-hybridized carbons (Fsp3) is 0.458. The summed E-state index contributed by atoms with van der Waals surface area (Å²) in [7, 11) is 0.